The van der Waals surface area contributed by atoms with E-state index in [1.54, 1.807) is 13.3 Å². The third kappa shape index (κ3) is 2.50. The minimum Gasteiger partial charge on any atom is -0.497 e. The fourth-order valence-corrected chi connectivity index (χ4v) is 1.97. The van der Waals surface area contributed by atoms with Crippen LogP contribution in [0.3, 0.4) is 0 Å². The lowest BCUT2D eigenvalue weighted by molar-refractivity contribution is 0.414. The Morgan fingerprint density at radius 3 is 2.50 bits per heavy atom. The van der Waals surface area contributed by atoms with Crippen LogP contribution in [0.25, 0.3) is 0 Å². The molecule has 0 amide bonds. The molecular weight excluding hydrogens is 226 g/mol. The van der Waals surface area contributed by atoms with Crippen molar-refractivity contribution in [3.05, 3.63) is 59.4 Å². The van der Waals surface area contributed by atoms with E-state index in [1.807, 2.05) is 43.5 Å². The quantitative estimate of drug-likeness (QED) is 0.636. The Kier molecular flexibility index (Phi) is 3.92. The highest BCUT2D eigenvalue weighted by molar-refractivity contribution is 5.37. The summed E-state index contributed by atoms with van der Waals surface area (Å²) in [6.45, 7) is 2.02. The van der Waals surface area contributed by atoms with E-state index in [-0.39, 0.29) is 6.04 Å². The molecule has 0 aliphatic heterocycles. The lowest BCUT2D eigenvalue weighted by Gasteiger charge is -2.18. The number of nitrogens with one attached hydrogen (secondary N) is 1. The number of aromatic nitrogens is 1. The van der Waals surface area contributed by atoms with E-state index >= 15 is 0 Å². The molecular formula is C14H17N3O. The minimum absolute atomic E-state index is 0.0427. The molecule has 1 atom stereocenters. The number of nitrogens with two attached hydrogens (primary N) is 1. The number of hydrazine groups is 1. The maximum atomic E-state index is 5.67. The largest absolute Gasteiger partial charge is 0.497 e. The van der Waals surface area contributed by atoms with Gasteiger partial charge >= 0.3 is 0 Å². The summed E-state index contributed by atoms with van der Waals surface area (Å²) in [5.41, 5.74) is 6.17. The molecule has 2 aromatic rings. The first-order valence-corrected chi connectivity index (χ1v) is 5.77. The number of hydrogen-bond donors (Lipinski definition) is 2. The summed E-state index contributed by atoms with van der Waals surface area (Å²) >= 11 is 0. The SMILES string of the molecule is COc1ccc(C(NN)c2ccncc2C)cc1. The molecule has 0 saturated heterocycles. The predicted octanol–water partition coefficient (Wildman–Crippen LogP) is 1.95. The monoisotopic (exact) mass is 243 g/mol. The number of ether oxygens (including phenoxy) is 1. The number of methoxy groups -OCH3 is 1. The molecule has 0 bridgehead atoms. The highest BCUT2D eigenvalue weighted by Gasteiger charge is 2.14. The van der Waals surface area contributed by atoms with Crippen LogP contribution in [-0.2, 0) is 0 Å². The Hall–Kier alpha value is -1.91. The molecule has 0 spiro atoms. The van der Waals surface area contributed by atoms with Crippen LogP contribution >= 0.6 is 0 Å². The maximum absolute atomic E-state index is 5.67. The summed E-state index contributed by atoms with van der Waals surface area (Å²) in [6, 6.07) is 9.79. The molecule has 0 radical (unpaired) electrons. The zero-order chi connectivity index (χ0) is 13.0. The highest BCUT2D eigenvalue weighted by atomic mass is 16.5. The summed E-state index contributed by atoms with van der Waals surface area (Å²) in [5.74, 6) is 6.51. The average Bonchev–Trinajstić information content (AvgIpc) is 2.42. The van der Waals surface area contributed by atoms with Crippen molar-refractivity contribution in [1.29, 1.82) is 0 Å². The summed E-state index contributed by atoms with van der Waals surface area (Å²) in [4.78, 5) is 4.09. The molecule has 1 unspecified atom stereocenters. The summed E-state index contributed by atoms with van der Waals surface area (Å²) in [7, 11) is 1.65. The number of hydrogen-bond acceptors (Lipinski definition) is 4. The van der Waals surface area contributed by atoms with Crippen molar-refractivity contribution in [1.82, 2.24) is 10.4 Å². The van der Waals surface area contributed by atoms with Gasteiger partial charge in [-0.15, -0.1) is 0 Å². The topological polar surface area (TPSA) is 60.2 Å². The predicted molar refractivity (Wildman–Crippen MR) is 71.1 cm³/mol. The van der Waals surface area contributed by atoms with Crippen LogP contribution in [0, 0.1) is 6.92 Å². The van der Waals surface area contributed by atoms with Crippen LogP contribution in [0.2, 0.25) is 0 Å². The summed E-state index contributed by atoms with van der Waals surface area (Å²) in [6.07, 6.45) is 3.61. The van der Waals surface area contributed by atoms with E-state index in [0.717, 1.165) is 22.4 Å². The lowest BCUT2D eigenvalue weighted by Crippen LogP contribution is -2.29. The minimum atomic E-state index is -0.0427. The standard InChI is InChI=1S/C14H17N3O/c1-10-9-16-8-7-13(10)14(17-15)11-3-5-12(18-2)6-4-11/h3-9,14,17H,15H2,1-2H3. The fraction of sp³-hybridized carbons (Fsp3) is 0.214. The molecule has 18 heavy (non-hydrogen) atoms. The molecule has 4 nitrogen and oxygen atoms in total. The molecule has 94 valence electrons. The lowest BCUT2D eigenvalue weighted by atomic mass is 9.97. The van der Waals surface area contributed by atoms with E-state index in [0.29, 0.717) is 0 Å². The maximum Gasteiger partial charge on any atom is 0.118 e. The van der Waals surface area contributed by atoms with Gasteiger partial charge in [0.05, 0.1) is 13.2 Å². The second kappa shape index (κ2) is 5.62. The van der Waals surface area contributed by atoms with Crippen molar-refractivity contribution in [3.63, 3.8) is 0 Å². The van der Waals surface area contributed by atoms with Gasteiger partial charge in [-0.3, -0.25) is 10.8 Å². The van der Waals surface area contributed by atoms with Crippen molar-refractivity contribution in [3.8, 4) is 5.75 Å². The van der Waals surface area contributed by atoms with Gasteiger partial charge in [-0.05, 0) is 41.8 Å². The van der Waals surface area contributed by atoms with Crippen molar-refractivity contribution in [2.24, 2.45) is 5.84 Å². The summed E-state index contributed by atoms with van der Waals surface area (Å²) in [5, 5.41) is 0. The van der Waals surface area contributed by atoms with Crippen LogP contribution in [0.15, 0.2) is 42.7 Å². The highest BCUT2D eigenvalue weighted by Crippen LogP contribution is 2.25. The Morgan fingerprint density at radius 2 is 1.94 bits per heavy atom. The zero-order valence-electron chi connectivity index (χ0n) is 10.6. The van der Waals surface area contributed by atoms with Crippen LogP contribution < -0.4 is 16.0 Å². The van der Waals surface area contributed by atoms with Crippen molar-refractivity contribution in [2.75, 3.05) is 7.11 Å². The van der Waals surface area contributed by atoms with Gasteiger partial charge < -0.3 is 4.74 Å². The summed E-state index contributed by atoms with van der Waals surface area (Å²) < 4.78 is 5.15. The Labute approximate surface area is 107 Å². The second-order valence-corrected chi connectivity index (χ2v) is 4.11. The van der Waals surface area contributed by atoms with E-state index in [1.165, 1.54) is 0 Å². The van der Waals surface area contributed by atoms with E-state index in [9.17, 15) is 0 Å². The van der Waals surface area contributed by atoms with Crippen molar-refractivity contribution in [2.45, 2.75) is 13.0 Å². The van der Waals surface area contributed by atoms with E-state index < -0.39 is 0 Å². The number of benzene rings is 1. The van der Waals surface area contributed by atoms with Gasteiger partial charge in [-0.1, -0.05) is 12.1 Å². The van der Waals surface area contributed by atoms with Crippen molar-refractivity contribution >= 4 is 0 Å². The van der Waals surface area contributed by atoms with Crippen LogP contribution in [0.1, 0.15) is 22.7 Å². The molecule has 4 heteroatoms. The molecule has 0 fully saturated rings. The van der Waals surface area contributed by atoms with Crippen LogP contribution in [-0.4, -0.2) is 12.1 Å². The van der Waals surface area contributed by atoms with Crippen molar-refractivity contribution < 1.29 is 4.74 Å². The molecule has 3 N–H and O–H groups in total. The molecule has 0 saturated carbocycles. The molecule has 1 aromatic heterocycles. The molecule has 1 aromatic carbocycles. The third-order valence-corrected chi connectivity index (χ3v) is 2.99. The number of rotatable bonds is 4. The third-order valence-electron chi connectivity index (χ3n) is 2.99. The number of aryl methyl sites for hydroxylation is 1. The Morgan fingerprint density at radius 1 is 1.22 bits per heavy atom. The zero-order valence-corrected chi connectivity index (χ0v) is 10.6. The van der Waals surface area contributed by atoms with Gasteiger partial charge in [-0.25, -0.2) is 5.43 Å². The molecule has 0 aliphatic carbocycles. The van der Waals surface area contributed by atoms with Gasteiger partial charge in [-0.2, -0.15) is 0 Å². The second-order valence-electron chi connectivity index (χ2n) is 4.11. The Bertz CT molecular complexity index is 511. The number of pyridine rings is 1. The Balaban J connectivity index is 2.36. The van der Waals surface area contributed by atoms with Gasteiger partial charge in [0, 0.05) is 12.4 Å². The van der Waals surface area contributed by atoms with Gasteiger partial charge in [0.25, 0.3) is 0 Å². The first-order valence-electron chi connectivity index (χ1n) is 5.77. The molecule has 1 heterocycles. The van der Waals surface area contributed by atoms with Gasteiger partial charge in [0.2, 0.25) is 0 Å². The average molecular weight is 243 g/mol. The van der Waals surface area contributed by atoms with E-state index in [2.05, 4.69) is 10.4 Å². The normalized spacial score (nSPS) is 12.2. The van der Waals surface area contributed by atoms with Gasteiger partial charge in [0.15, 0.2) is 0 Å². The van der Waals surface area contributed by atoms with Gasteiger partial charge in [0.1, 0.15) is 5.75 Å². The molecule has 2 rings (SSSR count). The first kappa shape index (κ1) is 12.5. The molecule has 0 aliphatic rings. The number of nitrogens with zero attached hydrogens (tertiary/aromatic N) is 1. The fourth-order valence-electron chi connectivity index (χ4n) is 1.97. The van der Waals surface area contributed by atoms with Crippen LogP contribution in [0.5, 0.6) is 5.75 Å². The van der Waals surface area contributed by atoms with E-state index in [4.69, 9.17) is 10.6 Å². The van der Waals surface area contributed by atoms with Crippen LogP contribution in [0.4, 0.5) is 0 Å². The smallest absolute Gasteiger partial charge is 0.118 e. The first-order chi connectivity index (χ1) is 8.76.